The molecule has 1 N–H and O–H groups in total. The fourth-order valence-corrected chi connectivity index (χ4v) is 3.39. The highest BCUT2D eigenvalue weighted by Crippen LogP contribution is 2.17. The summed E-state index contributed by atoms with van der Waals surface area (Å²) in [7, 11) is 0. The van der Waals surface area contributed by atoms with E-state index in [4.69, 9.17) is 16.3 Å². The van der Waals surface area contributed by atoms with Crippen LogP contribution in [0, 0.1) is 0 Å². The molecule has 0 radical (unpaired) electrons. The van der Waals surface area contributed by atoms with Crippen LogP contribution in [0.2, 0.25) is 5.02 Å². The van der Waals surface area contributed by atoms with Gasteiger partial charge in [0.15, 0.2) is 0 Å². The molecule has 0 heterocycles. The standard InChI is InChI=1S/C25H33ClN2O3/c1-4-24(29)28(18-21-11-13-22(26)14-12-21)23(17-20-9-6-5-7-10-20)25(30)27-15-8-16-31-19(2)3/h5-7,9-14,19,23H,4,8,15-18H2,1-3H3,(H,27,30). The molecule has 0 saturated heterocycles. The van der Waals surface area contributed by atoms with Gasteiger partial charge in [-0.2, -0.15) is 0 Å². The SMILES string of the molecule is CCC(=O)N(Cc1ccc(Cl)cc1)C(Cc1ccccc1)C(=O)NCCCOC(C)C. The topological polar surface area (TPSA) is 58.6 Å². The fourth-order valence-electron chi connectivity index (χ4n) is 3.26. The van der Waals surface area contributed by atoms with Crippen molar-refractivity contribution in [3.63, 3.8) is 0 Å². The van der Waals surface area contributed by atoms with Gasteiger partial charge in [0.2, 0.25) is 11.8 Å². The van der Waals surface area contributed by atoms with E-state index < -0.39 is 6.04 Å². The molecule has 2 rings (SSSR count). The summed E-state index contributed by atoms with van der Waals surface area (Å²) in [4.78, 5) is 27.7. The molecule has 0 saturated carbocycles. The van der Waals surface area contributed by atoms with Gasteiger partial charge in [0, 0.05) is 37.6 Å². The molecule has 1 atom stereocenters. The number of halogens is 1. The van der Waals surface area contributed by atoms with E-state index in [1.54, 1.807) is 17.0 Å². The number of nitrogens with one attached hydrogen (secondary N) is 1. The summed E-state index contributed by atoms with van der Waals surface area (Å²) < 4.78 is 5.54. The molecule has 2 aromatic rings. The number of nitrogens with zero attached hydrogens (tertiary/aromatic N) is 1. The fraction of sp³-hybridized carbons (Fsp3) is 0.440. The Morgan fingerprint density at radius 2 is 1.71 bits per heavy atom. The van der Waals surface area contributed by atoms with E-state index in [-0.39, 0.29) is 17.9 Å². The van der Waals surface area contributed by atoms with Gasteiger partial charge in [0.25, 0.3) is 0 Å². The van der Waals surface area contributed by atoms with Crippen molar-refractivity contribution in [1.29, 1.82) is 0 Å². The molecular formula is C25H33ClN2O3. The van der Waals surface area contributed by atoms with Gasteiger partial charge in [-0.3, -0.25) is 9.59 Å². The Hall–Kier alpha value is -2.37. The molecule has 0 spiro atoms. The molecule has 168 valence electrons. The van der Waals surface area contributed by atoms with Crippen LogP contribution < -0.4 is 5.32 Å². The van der Waals surface area contributed by atoms with Crippen molar-refractivity contribution in [2.75, 3.05) is 13.2 Å². The van der Waals surface area contributed by atoms with Crippen LogP contribution in [-0.2, 0) is 27.3 Å². The van der Waals surface area contributed by atoms with Crippen molar-refractivity contribution in [2.45, 2.75) is 58.7 Å². The zero-order valence-corrected chi connectivity index (χ0v) is 19.4. The maximum atomic E-state index is 13.2. The van der Waals surface area contributed by atoms with Crippen molar-refractivity contribution >= 4 is 23.4 Å². The first-order valence-electron chi connectivity index (χ1n) is 10.9. The molecule has 0 aliphatic heterocycles. The molecule has 2 amide bonds. The second kappa shape index (κ2) is 13.1. The van der Waals surface area contributed by atoms with Crippen molar-refractivity contribution in [3.8, 4) is 0 Å². The average Bonchev–Trinajstić information content (AvgIpc) is 2.77. The quantitative estimate of drug-likeness (QED) is 0.486. The molecule has 6 heteroatoms. The number of amides is 2. The minimum absolute atomic E-state index is 0.0610. The number of hydrogen-bond acceptors (Lipinski definition) is 3. The number of rotatable bonds is 12. The van der Waals surface area contributed by atoms with Gasteiger partial charge in [-0.05, 0) is 43.5 Å². The smallest absolute Gasteiger partial charge is 0.243 e. The van der Waals surface area contributed by atoms with Crippen LogP contribution in [-0.4, -0.2) is 42.0 Å². The molecule has 0 aliphatic rings. The molecule has 0 aromatic heterocycles. The second-order valence-corrected chi connectivity index (χ2v) is 8.21. The molecule has 0 aliphatic carbocycles. The lowest BCUT2D eigenvalue weighted by molar-refractivity contribution is -0.141. The first-order chi connectivity index (χ1) is 14.9. The largest absolute Gasteiger partial charge is 0.379 e. The van der Waals surface area contributed by atoms with Gasteiger partial charge < -0.3 is 15.0 Å². The van der Waals surface area contributed by atoms with Crippen molar-refractivity contribution < 1.29 is 14.3 Å². The maximum Gasteiger partial charge on any atom is 0.243 e. The lowest BCUT2D eigenvalue weighted by Crippen LogP contribution is -2.50. The van der Waals surface area contributed by atoms with E-state index in [1.165, 1.54) is 0 Å². The van der Waals surface area contributed by atoms with Crippen LogP contribution in [0.5, 0.6) is 0 Å². The molecular weight excluding hydrogens is 412 g/mol. The van der Waals surface area contributed by atoms with Gasteiger partial charge in [-0.1, -0.05) is 61.0 Å². The summed E-state index contributed by atoms with van der Waals surface area (Å²) in [6.45, 7) is 7.23. The maximum absolute atomic E-state index is 13.2. The van der Waals surface area contributed by atoms with E-state index in [9.17, 15) is 9.59 Å². The van der Waals surface area contributed by atoms with E-state index in [1.807, 2.05) is 63.2 Å². The third-order valence-corrected chi connectivity index (χ3v) is 5.16. The molecule has 1 unspecified atom stereocenters. The van der Waals surface area contributed by atoms with Crippen LogP contribution in [0.15, 0.2) is 54.6 Å². The summed E-state index contributed by atoms with van der Waals surface area (Å²) in [5.41, 5.74) is 1.94. The zero-order valence-electron chi connectivity index (χ0n) is 18.6. The zero-order chi connectivity index (χ0) is 22.6. The Morgan fingerprint density at radius 1 is 1.03 bits per heavy atom. The Balaban J connectivity index is 2.18. The van der Waals surface area contributed by atoms with Crippen LogP contribution in [0.25, 0.3) is 0 Å². The summed E-state index contributed by atoms with van der Waals surface area (Å²) in [5, 5.41) is 3.64. The number of hydrogen-bond donors (Lipinski definition) is 1. The van der Waals surface area contributed by atoms with Crippen LogP contribution >= 0.6 is 11.6 Å². The summed E-state index contributed by atoms with van der Waals surface area (Å²) in [6, 6.07) is 16.6. The molecule has 31 heavy (non-hydrogen) atoms. The minimum atomic E-state index is -0.600. The lowest BCUT2D eigenvalue weighted by Gasteiger charge is -2.31. The highest BCUT2D eigenvalue weighted by molar-refractivity contribution is 6.30. The van der Waals surface area contributed by atoms with Crippen LogP contribution in [0.3, 0.4) is 0 Å². The number of carbonyl (C=O) groups is 2. The predicted molar refractivity (Wildman–Crippen MR) is 125 cm³/mol. The highest BCUT2D eigenvalue weighted by Gasteiger charge is 2.29. The Morgan fingerprint density at radius 3 is 2.32 bits per heavy atom. The number of benzene rings is 2. The average molecular weight is 445 g/mol. The number of carbonyl (C=O) groups excluding carboxylic acids is 2. The summed E-state index contributed by atoms with van der Waals surface area (Å²) >= 11 is 6.01. The third kappa shape index (κ3) is 8.72. The Bertz CT molecular complexity index is 809. The van der Waals surface area contributed by atoms with Gasteiger partial charge >= 0.3 is 0 Å². The summed E-state index contributed by atoms with van der Waals surface area (Å²) in [6.07, 6.45) is 1.67. The first kappa shape index (κ1) is 24.9. The Labute approximate surface area is 190 Å². The van der Waals surface area contributed by atoms with Crippen LogP contribution in [0.4, 0.5) is 0 Å². The minimum Gasteiger partial charge on any atom is -0.379 e. The van der Waals surface area contributed by atoms with Crippen molar-refractivity contribution in [3.05, 3.63) is 70.7 Å². The molecule has 0 fully saturated rings. The first-order valence-corrected chi connectivity index (χ1v) is 11.3. The monoisotopic (exact) mass is 444 g/mol. The lowest BCUT2D eigenvalue weighted by atomic mass is 10.0. The van der Waals surface area contributed by atoms with E-state index in [0.29, 0.717) is 37.6 Å². The molecule has 5 nitrogen and oxygen atoms in total. The Kier molecular flexibility index (Phi) is 10.5. The van der Waals surface area contributed by atoms with Crippen LogP contribution in [0.1, 0.15) is 44.7 Å². The van der Waals surface area contributed by atoms with E-state index >= 15 is 0 Å². The predicted octanol–water partition coefficient (Wildman–Crippen LogP) is 4.62. The molecule has 0 bridgehead atoms. The van der Waals surface area contributed by atoms with Gasteiger partial charge in [0.05, 0.1) is 6.10 Å². The summed E-state index contributed by atoms with van der Waals surface area (Å²) in [5.74, 6) is -0.210. The van der Waals surface area contributed by atoms with Gasteiger partial charge in [-0.15, -0.1) is 0 Å². The second-order valence-electron chi connectivity index (χ2n) is 7.77. The highest BCUT2D eigenvalue weighted by atomic mass is 35.5. The van der Waals surface area contributed by atoms with E-state index in [2.05, 4.69) is 5.32 Å². The third-order valence-electron chi connectivity index (χ3n) is 4.91. The number of ether oxygens (including phenoxy) is 1. The molecule has 2 aromatic carbocycles. The van der Waals surface area contributed by atoms with Crippen molar-refractivity contribution in [2.24, 2.45) is 0 Å². The van der Waals surface area contributed by atoms with Gasteiger partial charge in [0.1, 0.15) is 6.04 Å². The van der Waals surface area contributed by atoms with Crippen molar-refractivity contribution in [1.82, 2.24) is 10.2 Å². The van der Waals surface area contributed by atoms with E-state index in [0.717, 1.165) is 17.5 Å². The normalized spacial score (nSPS) is 11.9. The van der Waals surface area contributed by atoms with Gasteiger partial charge in [-0.25, -0.2) is 0 Å².